The number of esters is 1. The molecule has 6 nitrogen and oxygen atoms in total. The van der Waals surface area contributed by atoms with Crippen LogP contribution in [0.2, 0.25) is 0 Å². The molecule has 0 saturated carbocycles. The Morgan fingerprint density at radius 3 is 0.947 bits per heavy atom. The van der Waals surface area contributed by atoms with Gasteiger partial charge in [-0.15, -0.1) is 0 Å². The first-order valence-corrected chi connectivity index (χ1v) is 34.4. The van der Waals surface area contributed by atoms with Gasteiger partial charge in [0, 0.05) is 12.8 Å². The highest BCUT2D eigenvalue weighted by molar-refractivity contribution is 5.76. The molecule has 0 bridgehead atoms. The molecule has 0 aliphatic rings. The summed E-state index contributed by atoms with van der Waals surface area (Å²) in [5.74, 6) is -0.0130. The molecule has 6 heteroatoms. The summed E-state index contributed by atoms with van der Waals surface area (Å²) in [5, 5.41) is 23.4. The lowest BCUT2D eigenvalue weighted by Crippen LogP contribution is -2.45. The number of hydrogen-bond donors (Lipinski definition) is 3. The van der Waals surface area contributed by atoms with Gasteiger partial charge in [0.25, 0.3) is 0 Å². The Balaban J connectivity index is 3.37. The Bertz CT molecular complexity index is 1130. The lowest BCUT2D eigenvalue weighted by molar-refractivity contribution is -0.143. The molecular formula is C69H135NO5. The van der Waals surface area contributed by atoms with E-state index in [1.54, 1.807) is 0 Å². The second kappa shape index (κ2) is 65.1. The average molecular weight is 1060 g/mol. The summed E-state index contributed by atoms with van der Waals surface area (Å²) < 4.78 is 5.47. The molecule has 0 spiro atoms. The van der Waals surface area contributed by atoms with Crippen molar-refractivity contribution in [2.24, 2.45) is 0 Å². The van der Waals surface area contributed by atoms with E-state index in [0.29, 0.717) is 25.9 Å². The minimum absolute atomic E-state index is 0.0170. The van der Waals surface area contributed by atoms with Gasteiger partial charge in [-0.3, -0.25) is 9.59 Å². The van der Waals surface area contributed by atoms with Crippen LogP contribution >= 0.6 is 0 Å². The van der Waals surface area contributed by atoms with Crippen LogP contribution in [0.3, 0.4) is 0 Å². The van der Waals surface area contributed by atoms with Gasteiger partial charge in [0.2, 0.25) is 5.91 Å². The molecule has 0 heterocycles. The van der Waals surface area contributed by atoms with Crippen LogP contribution in [0.15, 0.2) is 12.2 Å². The first kappa shape index (κ1) is 73.6. The van der Waals surface area contributed by atoms with Gasteiger partial charge in [0.15, 0.2) is 0 Å². The van der Waals surface area contributed by atoms with Crippen LogP contribution in [0.5, 0.6) is 0 Å². The number of allylic oxidation sites excluding steroid dienone is 2. The third kappa shape index (κ3) is 61.7. The van der Waals surface area contributed by atoms with E-state index in [4.69, 9.17) is 4.74 Å². The molecule has 1 amide bonds. The van der Waals surface area contributed by atoms with Crippen molar-refractivity contribution in [1.82, 2.24) is 5.32 Å². The minimum Gasteiger partial charge on any atom is -0.466 e. The summed E-state index contributed by atoms with van der Waals surface area (Å²) in [6.45, 7) is 4.99. The normalized spacial score (nSPS) is 12.5. The van der Waals surface area contributed by atoms with Crippen LogP contribution in [0.1, 0.15) is 393 Å². The zero-order chi connectivity index (χ0) is 54.3. The zero-order valence-electron chi connectivity index (χ0n) is 51.1. The van der Waals surface area contributed by atoms with Gasteiger partial charge in [0.1, 0.15) is 0 Å². The number of amides is 1. The van der Waals surface area contributed by atoms with Crippen LogP contribution in [0.25, 0.3) is 0 Å². The molecule has 2 unspecified atom stereocenters. The fraction of sp³-hybridized carbons (Fsp3) is 0.942. The Morgan fingerprint density at radius 2 is 0.627 bits per heavy atom. The van der Waals surface area contributed by atoms with E-state index in [-0.39, 0.29) is 18.5 Å². The smallest absolute Gasteiger partial charge is 0.305 e. The quantitative estimate of drug-likeness (QED) is 0.0320. The molecule has 0 aromatic heterocycles. The molecule has 75 heavy (non-hydrogen) atoms. The highest BCUT2D eigenvalue weighted by atomic mass is 16.5. The Morgan fingerprint density at radius 1 is 0.360 bits per heavy atom. The number of carbonyl (C=O) groups is 2. The summed E-state index contributed by atoms with van der Waals surface area (Å²) in [6.07, 6.45) is 79.7. The van der Waals surface area contributed by atoms with Crippen molar-refractivity contribution >= 4 is 11.9 Å². The fourth-order valence-corrected chi connectivity index (χ4v) is 11.1. The molecule has 0 aliphatic carbocycles. The topological polar surface area (TPSA) is 95.9 Å². The number of hydrogen-bond acceptors (Lipinski definition) is 5. The maximum Gasteiger partial charge on any atom is 0.305 e. The third-order valence-corrected chi connectivity index (χ3v) is 16.3. The number of unbranched alkanes of at least 4 members (excludes halogenated alkanes) is 52. The minimum atomic E-state index is -0.663. The molecule has 0 radical (unpaired) electrons. The van der Waals surface area contributed by atoms with E-state index < -0.39 is 12.1 Å². The van der Waals surface area contributed by atoms with Gasteiger partial charge in [-0.2, -0.15) is 0 Å². The molecule has 446 valence electrons. The maximum atomic E-state index is 12.5. The molecule has 0 rings (SSSR count). The number of nitrogens with one attached hydrogen (secondary N) is 1. The van der Waals surface area contributed by atoms with Crippen molar-refractivity contribution in [3.63, 3.8) is 0 Å². The Kier molecular flexibility index (Phi) is 63.9. The van der Waals surface area contributed by atoms with Crippen LogP contribution in [0, 0.1) is 0 Å². The summed E-state index contributed by atoms with van der Waals surface area (Å²) in [5.41, 5.74) is 0. The summed E-state index contributed by atoms with van der Waals surface area (Å²) in [4.78, 5) is 24.5. The van der Waals surface area contributed by atoms with Gasteiger partial charge in [-0.1, -0.05) is 341 Å². The number of ether oxygens (including phenoxy) is 1. The highest BCUT2D eigenvalue weighted by Crippen LogP contribution is 2.19. The highest BCUT2D eigenvalue weighted by Gasteiger charge is 2.20. The number of aliphatic hydroxyl groups is 2. The third-order valence-electron chi connectivity index (χ3n) is 16.3. The van der Waals surface area contributed by atoms with E-state index in [2.05, 4.69) is 31.3 Å². The van der Waals surface area contributed by atoms with E-state index in [0.717, 1.165) is 38.5 Å². The van der Waals surface area contributed by atoms with Crippen LogP contribution in [-0.4, -0.2) is 47.4 Å². The Hall–Kier alpha value is -1.40. The predicted molar refractivity (Wildman–Crippen MR) is 329 cm³/mol. The largest absolute Gasteiger partial charge is 0.466 e. The van der Waals surface area contributed by atoms with E-state index in [1.165, 1.54) is 321 Å². The molecule has 0 saturated heterocycles. The molecule has 0 aliphatic heterocycles. The average Bonchev–Trinajstić information content (AvgIpc) is 3.41. The van der Waals surface area contributed by atoms with Crippen LogP contribution in [0.4, 0.5) is 0 Å². The van der Waals surface area contributed by atoms with E-state index >= 15 is 0 Å². The van der Waals surface area contributed by atoms with Crippen molar-refractivity contribution in [3.8, 4) is 0 Å². The monoisotopic (exact) mass is 1060 g/mol. The predicted octanol–water partition coefficient (Wildman–Crippen LogP) is 22.0. The van der Waals surface area contributed by atoms with Crippen LogP contribution in [-0.2, 0) is 14.3 Å². The lowest BCUT2D eigenvalue weighted by Gasteiger charge is -2.22. The van der Waals surface area contributed by atoms with Crippen molar-refractivity contribution in [2.45, 2.75) is 405 Å². The van der Waals surface area contributed by atoms with Crippen molar-refractivity contribution in [3.05, 3.63) is 12.2 Å². The molecule has 3 N–H and O–H groups in total. The van der Waals surface area contributed by atoms with Gasteiger partial charge in [-0.05, 0) is 51.4 Å². The lowest BCUT2D eigenvalue weighted by atomic mass is 10.0. The van der Waals surface area contributed by atoms with Crippen molar-refractivity contribution in [2.75, 3.05) is 13.2 Å². The molecule has 0 aromatic carbocycles. The standard InChI is InChI=1S/C69H135NO5/c1-3-5-7-9-11-13-15-16-17-18-32-35-38-42-45-49-53-57-61-67(72)66(65-71)70-68(73)62-58-54-50-46-43-39-36-33-30-28-26-24-22-20-19-21-23-25-27-29-31-34-37-40-44-48-52-56-60-64-75-69(74)63-59-55-51-47-41-14-12-10-8-6-4-2/h19,21,66-67,71-72H,3-18,20,22-65H2,1-2H3,(H,70,73)/b21-19-. The second-order valence-corrected chi connectivity index (χ2v) is 23.9. The SMILES string of the molecule is CCCCCCCCCCCCCCCCCCCCC(O)C(CO)NC(=O)CCCCCCCCCCCCCCC/C=C\CCCCCCCCCCCCCCOC(=O)CCCCCCCCCCCCC. The summed E-state index contributed by atoms with van der Waals surface area (Å²) in [6, 6.07) is -0.540. The molecule has 0 fully saturated rings. The Labute approximate surface area is 469 Å². The zero-order valence-corrected chi connectivity index (χ0v) is 51.1. The number of aliphatic hydroxyl groups excluding tert-OH is 2. The van der Waals surface area contributed by atoms with Gasteiger partial charge in [-0.25, -0.2) is 0 Å². The van der Waals surface area contributed by atoms with Gasteiger partial charge in [0.05, 0.1) is 25.4 Å². The second-order valence-electron chi connectivity index (χ2n) is 23.9. The van der Waals surface area contributed by atoms with E-state index in [9.17, 15) is 19.8 Å². The van der Waals surface area contributed by atoms with Crippen molar-refractivity contribution in [1.29, 1.82) is 0 Å². The molecule has 2 atom stereocenters. The van der Waals surface area contributed by atoms with Gasteiger partial charge < -0.3 is 20.3 Å². The van der Waals surface area contributed by atoms with Crippen LogP contribution < -0.4 is 5.32 Å². The molecular weight excluding hydrogens is 923 g/mol. The summed E-state index contributed by atoms with van der Waals surface area (Å²) >= 11 is 0. The summed E-state index contributed by atoms with van der Waals surface area (Å²) in [7, 11) is 0. The maximum absolute atomic E-state index is 12.5. The van der Waals surface area contributed by atoms with Gasteiger partial charge >= 0.3 is 5.97 Å². The number of rotatable bonds is 65. The first-order chi connectivity index (χ1) is 37.0. The number of carbonyl (C=O) groups excluding carboxylic acids is 2. The molecule has 0 aromatic rings. The van der Waals surface area contributed by atoms with Crippen molar-refractivity contribution < 1.29 is 24.5 Å². The first-order valence-electron chi connectivity index (χ1n) is 34.4. The fourth-order valence-electron chi connectivity index (χ4n) is 11.1. The van der Waals surface area contributed by atoms with E-state index in [1.807, 2.05) is 0 Å².